The zero-order valence-corrected chi connectivity index (χ0v) is 10.6. The molecule has 2 heterocycles. The maximum atomic E-state index is 5.74. The molecule has 0 aromatic carbocycles. The minimum Gasteiger partial charge on any atom is -0.376 e. The van der Waals surface area contributed by atoms with Crippen LogP contribution in [-0.2, 0) is 9.47 Å². The predicted octanol–water partition coefficient (Wildman–Crippen LogP) is 0.620. The highest BCUT2D eigenvalue weighted by Crippen LogP contribution is 2.32. The van der Waals surface area contributed by atoms with E-state index in [0.29, 0.717) is 11.6 Å². The first-order valence-corrected chi connectivity index (χ1v) is 7.03. The van der Waals surface area contributed by atoms with Crippen LogP contribution in [-0.4, -0.2) is 62.5 Å². The molecular weight excluding hydrogens is 216 g/mol. The Morgan fingerprint density at radius 1 is 1.24 bits per heavy atom. The van der Waals surface area contributed by atoms with Gasteiger partial charge in [0.15, 0.2) is 0 Å². The van der Waals surface area contributed by atoms with Crippen LogP contribution in [0.3, 0.4) is 0 Å². The molecule has 1 aliphatic carbocycles. The molecule has 1 N–H and O–H groups in total. The molecule has 0 aromatic heterocycles. The smallest absolute Gasteiger partial charge is 0.0936 e. The Balaban J connectivity index is 1.52. The van der Waals surface area contributed by atoms with Crippen LogP contribution in [0.15, 0.2) is 0 Å². The molecule has 3 aliphatic rings. The first-order valence-electron chi connectivity index (χ1n) is 7.03. The molecule has 3 rings (SSSR count). The third-order valence-electron chi connectivity index (χ3n) is 4.36. The molecule has 1 atom stereocenters. The van der Waals surface area contributed by atoms with Crippen molar-refractivity contribution in [2.24, 2.45) is 0 Å². The highest BCUT2D eigenvalue weighted by Gasteiger charge is 2.38. The number of nitrogens with zero attached hydrogens (tertiary/aromatic N) is 1. The fourth-order valence-electron chi connectivity index (χ4n) is 3.51. The molecule has 0 bridgehead atoms. The van der Waals surface area contributed by atoms with E-state index >= 15 is 0 Å². The number of hydrogen-bond donors (Lipinski definition) is 1. The lowest BCUT2D eigenvalue weighted by atomic mass is 9.94. The molecule has 1 spiro atoms. The van der Waals surface area contributed by atoms with E-state index < -0.39 is 0 Å². The lowest BCUT2D eigenvalue weighted by molar-refractivity contribution is -0.101. The molecular formula is C13H24N2O2. The van der Waals surface area contributed by atoms with Crippen molar-refractivity contribution in [2.75, 3.05) is 46.0 Å². The summed E-state index contributed by atoms with van der Waals surface area (Å²) in [5.74, 6) is 0. The number of rotatable bonds is 2. The van der Waals surface area contributed by atoms with E-state index in [1.807, 2.05) is 0 Å². The van der Waals surface area contributed by atoms with Gasteiger partial charge in [-0.05, 0) is 12.8 Å². The van der Waals surface area contributed by atoms with Gasteiger partial charge in [-0.2, -0.15) is 0 Å². The predicted molar refractivity (Wildman–Crippen MR) is 66.2 cm³/mol. The molecule has 0 radical (unpaired) electrons. The fraction of sp³-hybridized carbons (Fsp3) is 1.00. The van der Waals surface area contributed by atoms with Crippen LogP contribution in [0, 0.1) is 0 Å². The first kappa shape index (κ1) is 11.9. The summed E-state index contributed by atoms with van der Waals surface area (Å²) in [6.45, 7) is 6.84. The minimum absolute atomic E-state index is 0.292. The largest absolute Gasteiger partial charge is 0.376 e. The highest BCUT2D eigenvalue weighted by atomic mass is 16.6. The maximum Gasteiger partial charge on any atom is 0.0936 e. The van der Waals surface area contributed by atoms with Gasteiger partial charge in [-0.25, -0.2) is 0 Å². The van der Waals surface area contributed by atoms with Crippen LogP contribution in [0.2, 0.25) is 0 Å². The van der Waals surface area contributed by atoms with E-state index in [1.165, 1.54) is 32.2 Å². The van der Waals surface area contributed by atoms with Crippen LogP contribution in [0.25, 0.3) is 0 Å². The Bertz CT molecular complexity index is 248. The van der Waals surface area contributed by atoms with Crippen molar-refractivity contribution in [2.45, 2.75) is 37.3 Å². The highest BCUT2D eigenvalue weighted by molar-refractivity contribution is 4.98. The van der Waals surface area contributed by atoms with Gasteiger partial charge in [0.05, 0.1) is 25.9 Å². The Kier molecular flexibility index (Phi) is 3.66. The fourth-order valence-corrected chi connectivity index (χ4v) is 3.51. The zero-order valence-electron chi connectivity index (χ0n) is 10.6. The van der Waals surface area contributed by atoms with Gasteiger partial charge in [0.2, 0.25) is 0 Å². The van der Waals surface area contributed by atoms with Gasteiger partial charge in [0.1, 0.15) is 0 Å². The summed E-state index contributed by atoms with van der Waals surface area (Å²) in [5, 5.41) is 3.75. The SMILES string of the molecule is C1CCC2(C1)CN(CC1COCCO1)CCN2. The van der Waals surface area contributed by atoms with Crippen molar-refractivity contribution in [1.29, 1.82) is 0 Å². The molecule has 0 aromatic rings. The van der Waals surface area contributed by atoms with E-state index in [9.17, 15) is 0 Å². The summed E-state index contributed by atoms with van der Waals surface area (Å²) < 4.78 is 11.2. The number of ether oxygens (including phenoxy) is 2. The van der Waals surface area contributed by atoms with Crippen molar-refractivity contribution < 1.29 is 9.47 Å². The van der Waals surface area contributed by atoms with Crippen LogP contribution >= 0.6 is 0 Å². The van der Waals surface area contributed by atoms with Crippen LogP contribution in [0.5, 0.6) is 0 Å². The third-order valence-corrected chi connectivity index (χ3v) is 4.36. The second-order valence-corrected chi connectivity index (χ2v) is 5.72. The van der Waals surface area contributed by atoms with E-state index in [4.69, 9.17) is 9.47 Å². The topological polar surface area (TPSA) is 33.7 Å². The Hall–Kier alpha value is -0.160. The summed E-state index contributed by atoms with van der Waals surface area (Å²) in [6, 6.07) is 0. The van der Waals surface area contributed by atoms with Crippen molar-refractivity contribution in [3.05, 3.63) is 0 Å². The molecule has 0 amide bonds. The molecule has 4 heteroatoms. The molecule has 98 valence electrons. The molecule has 2 aliphatic heterocycles. The third kappa shape index (κ3) is 2.81. The van der Waals surface area contributed by atoms with Gasteiger partial charge in [-0.15, -0.1) is 0 Å². The number of piperazine rings is 1. The molecule has 1 saturated carbocycles. The molecule has 4 nitrogen and oxygen atoms in total. The van der Waals surface area contributed by atoms with Crippen LogP contribution in [0.4, 0.5) is 0 Å². The second-order valence-electron chi connectivity index (χ2n) is 5.72. The minimum atomic E-state index is 0.292. The number of hydrogen-bond acceptors (Lipinski definition) is 4. The van der Waals surface area contributed by atoms with E-state index in [1.54, 1.807) is 0 Å². The van der Waals surface area contributed by atoms with Gasteiger partial charge in [-0.1, -0.05) is 12.8 Å². The summed E-state index contributed by atoms with van der Waals surface area (Å²) in [4.78, 5) is 2.57. The van der Waals surface area contributed by atoms with E-state index in [2.05, 4.69) is 10.2 Å². The standard InChI is InChI=1S/C13H24N2O2/c1-2-4-13(3-1)11-15(6-5-14-13)9-12-10-16-7-8-17-12/h12,14H,1-11H2. The van der Waals surface area contributed by atoms with Gasteiger partial charge in [0.25, 0.3) is 0 Å². The van der Waals surface area contributed by atoms with Crippen LogP contribution in [0.1, 0.15) is 25.7 Å². The quantitative estimate of drug-likeness (QED) is 0.767. The van der Waals surface area contributed by atoms with Gasteiger partial charge >= 0.3 is 0 Å². The second kappa shape index (κ2) is 5.22. The average Bonchev–Trinajstić information content (AvgIpc) is 2.79. The monoisotopic (exact) mass is 240 g/mol. The van der Waals surface area contributed by atoms with Crippen molar-refractivity contribution in [3.8, 4) is 0 Å². The Morgan fingerprint density at radius 3 is 2.88 bits per heavy atom. The summed E-state index contributed by atoms with van der Waals surface area (Å²) in [7, 11) is 0. The number of nitrogens with one attached hydrogen (secondary N) is 1. The lowest BCUT2D eigenvalue weighted by Gasteiger charge is -2.43. The van der Waals surface area contributed by atoms with Gasteiger partial charge in [0, 0.05) is 31.7 Å². The summed E-state index contributed by atoms with van der Waals surface area (Å²) in [5.41, 5.74) is 0.424. The van der Waals surface area contributed by atoms with E-state index in [-0.39, 0.29) is 0 Å². The Morgan fingerprint density at radius 2 is 2.12 bits per heavy atom. The molecule has 2 saturated heterocycles. The lowest BCUT2D eigenvalue weighted by Crippen LogP contribution is -2.60. The zero-order chi connectivity index (χ0) is 11.6. The summed E-state index contributed by atoms with van der Waals surface area (Å²) in [6.07, 6.45) is 5.78. The van der Waals surface area contributed by atoms with Crippen LogP contribution < -0.4 is 5.32 Å². The van der Waals surface area contributed by atoms with E-state index in [0.717, 1.165) is 39.5 Å². The average molecular weight is 240 g/mol. The van der Waals surface area contributed by atoms with Crippen molar-refractivity contribution in [3.63, 3.8) is 0 Å². The molecule has 1 unspecified atom stereocenters. The first-order chi connectivity index (χ1) is 8.36. The Labute approximate surface area is 104 Å². The van der Waals surface area contributed by atoms with Gasteiger partial charge in [-0.3, -0.25) is 4.90 Å². The normalized spacial score (nSPS) is 34.2. The maximum absolute atomic E-state index is 5.74. The molecule has 17 heavy (non-hydrogen) atoms. The van der Waals surface area contributed by atoms with Crippen molar-refractivity contribution in [1.82, 2.24) is 10.2 Å². The summed E-state index contributed by atoms with van der Waals surface area (Å²) >= 11 is 0. The van der Waals surface area contributed by atoms with Crippen molar-refractivity contribution >= 4 is 0 Å². The van der Waals surface area contributed by atoms with Gasteiger partial charge < -0.3 is 14.8 Å². The molecule has 3 fully saturated rings.